The molecule has 2 aliphatic rings. The molecule has 3 N–H and O–H groups in total. The lowest BCUT2D eigenvalue weighted by Crippen LogP contribution is -2.35. The Balaban J connectivity index is 1.86. The number of carbonyl (C=O) groups excluding carboxylic acids is 1. The molecular formula is C12H18N4O3S2. The molecule has 1 aromatic heterocycles. The molecule has 0 aromatic carbocycles. The smallest absolute Gasteiger partial charge is 0.217 e. The molecule has 116 valence electrons. The summed E-state index contributed by atoms with van der Waals surface area (Å²) in [7, 11) is -3.37. The Kier molecular flexibility index (Phi) is 3.56. The van der Waals surface area contributed by atoms with Crippen LogP contribution < -0.4 is 16.0 Å². The molecule has 1 amide bonds. The monoisotopic (exact) mass is 330 g/mol. The van der Waals surface area contributed by atoms with Crippen LogP contribution in [0.3, 0.4) is 0 Å². The van der Waals surface area contributed by atoms with Gasteiger partial charge in [-0.05, 0) is 30.8 Å². The maximum Gasteiger partial charge on any atom is 0.217 e. The topological polar surface area (TPSA) is 105 Å². The van der Waals surface area contributed by atoms with Crippen LogP contribution in [0.2, 0.25) is 0 Å². The number of sulfone groups is 1. The Morgan fingerprint density at radius 1 is 1.43 bits per heavy atom. The van der Waals surface area contributed by atoms with E-state index < -0.39 is 9.84 Å². The molecule has 1 unspecified atom stereocenters. The number of nitrogens with two attached hydrogens (primary N) is 1. The van der Waals surface area contributed by atoms with E-state index >= 15 is 0 Å². The molecule has 21 heavy (non-hydrogen) atoms. The van der Waals surface area contributed by atoms with Gasteiger partial charge in [-0.3, -0.25) is 4.79 Å². The molecule has 0 radical (unpaired) electrons. The predicted molar refractivity (Wildman–Crippen MR) is 81.2 cm³/mol. The fourth-order valence-electron chi connectivity index (χ4n) is 2.65. The summed E-state index contributed by atoms with van der Waals surface area (Å²) >= 11 is 1.13. The van der Waals surface area contributed by atoms with Crippen LogP contribution in [0.1, 0.15) is 26.2 Å². The van der Waals surface area contributed by atoms with E-state index in [1.807, 2.05) is 4.90 Å². The molecule has 1 saturated heterocycles. The first kappa shape index (κ1) is 14.6. The van der Waals surface area contributed by atoms with Crippen LogP contribution in [0.5, 0.6) is 0 Å². The highest BCUT2D eigenvalue weighted by Gasteiger charge is 2.42. The second-order valence-corrected chi connectivity index (χ2v) is 8.50. The summed E-state index contributed by atoms with van der Waals surface area (Å²) < 4.78 is 29.0. The zero-order chi connectivity index (χ0) is 15.2. The second-order valence-electron chi connectivity index (χ2n) is 5.58. The van der Waals surface area contributed by atoms with Crippen molar-refractivity contribution in [3.63, 3.8) is 0 Å². The number of nitrogens with zero attached hydrogens (tertiary/aromatic N) is 2. The van der Waals surface area contributed by atoms with E-state index in [0.717, 1.165) is 18.0 Å². The molecule has 1 aliphatic carbocycles. The number of aromatic nitrogens is 1. The summed E-state index contributed by atoms with van der Waals surface area (Å²) in [5.74, 6) is 0.0290. The van der Waals surface area contributed by atoms with Gasteiger partial charge in [0.25, 0.3) is 0 Å². The van der Waals surface area contributed by atoms with E-state index in [1.54, 1.807) is 0 Å². The fraction of sp³-hybridized carbons (Fsp3) is 0.667. The summed E-state index contributed by atoms with van der Waals surface area (Å²) in [5, 5.41) is 3.18. The van der Waals surface area contributed by atoms with Crippen molar-refractivity contribution in [2.75, 3.05) is 23.7 Å². The average molecular weight is 330 g/mol. The second kappa shape index (κ2) is 5.13. The largest absolute Gasteiger partial charge is 0.382 e. The van der Waals surface area contributed by atoms with Gasteiger partial charge < -0.3 is 16.0 Å². The lowest BCUT2D eigenvalue weighted by molar-refractivity contribution is -0.119. The highest BCUT2D eigenvalue weighted by Crippen LogP contribution is 2.43. The van der Waals surface area contributed by atoms with Crippen molar-refractivity contribution < 1.29 is 13.2 Å². The molecule has 0 bridgehead atoms. The van der Waals surface area contributed by atoms with Crippen molar-refractivity contribution in [3.05, 3.63) is 0 Å². The molecular weight excluding hydrogens is 312 g/mol. The predicted octanol–water partition coefficient (Wildman–Crippen LogP) is 0.376. The van der Waals surface area contributed by atoms with Gasteiger partial charge in [-0.25, -0.2) is 8.42 Å². The Morgan fingerprint density at radius 3 is 2.76 bits per heavy atom. The molecule has 1 saturated carbocycles. The highest BCUT2D eigenvalue weighted by molar-refractivity contribution is 7.92. The Morgan fingerprint density at radius 2 is 2.14 bits per heavy atom. The van der Waals surface area contributed by atoms with Gasteiger partial charge in [-0.15, -0.1) is 0 Å². The van der Waals surface area contributed by atoms with Gasteiger partial charge in [-0.2, -0.15) is 4.37 Å². The van der Waals surface area contributed by atoms with E-state index in [1.165, 1.54) is 6.92 Å². The summed E-state index contributed by atoms with van der Waals surface area (Å²) in [5.41, 5.74) is 5.80. The summed E-state index contributed by atoms with van der Waals surface area (Å²) in [6.07, 6.45) is 2.19. The van der Waals surface area contributed by atoms with Crippen molar-refractivity contribution in [3.8, 4) is 0 Å². The highest BCUT2D eigenvalue weighted by atomic mass is 32.2. The number of carbonyl (C=O) groups is 1. The summed E-state index contributed by atoms with van der Waals surface area (Å²) in [6, 6.07) is 0.0438. The van der Waals surface area contributed by atoms with Crippen LogP contribution in [0.4, 0.5) is 10.8 Å². The first-order valence-electron chi connectivity index (χ1n) is 6.90. The molecule has 9 heteroatoms. The minimum Gasteiger partial charge on any atom is -0.382 e. The van der Waals surface area contributed by atoms with Crippen LogP contribution >= 0.6 is 11.5 Å². The van der Waals surface area contributed by atoms with Crippen LogP contribution in [-0.4, -0.2) is 43.1 Å². The molecule has 2 fully saturated rings. The lowest BCUT2D eigenvalue weighted by Gasteiger charge is -2.18. The molecule has 0 spiro atoms. The van der Waals surface area contributed by atoms with Crippen LogP contribution in [0.15, 0.2) is 4.90 Å². The van der Waals surface area contributed by atoms with E-state index in [2.05, 4.69) is 9.69 Å². The van der Waals surface area contributed by atoms with Crippen LogP contribution in [0, 0.1) is 0 Å². The van der Waals surface area contributed by atoms with Gasteiger partial charge in [-0.1, -0.05) is 0 Å². The standard InChI is InChI=1S/C12H18N4O3S2/c1-7(17)14-8-4-5-16(6-8)12-10(11(13)15-20-12)21(18,19)9-2-3-9/h8-9H,2-6H2,1H3,(H2,13,15)(H,14,17). The van der Waals surface area contributed by atoms with E-state index in [4.69, 9.17) is 5.73 Å². The van der Waals surface area contributed by atoms with Gasteiger partial charge in [0.15, 0.2) is 15.7 Å². The number of rotatable bonds is 4. The van der Waals surface area contributed by atoms with Crippen molar-refractivity contribution in [2.24, 2.45) is 0 Å². The first-order chi connectivity index (χ1) is 9.89. The Labute approximate surface area is 127 Å². The molecule has 7 nitrogen and oxygen atoms in total. The molecule has 1 atom stereocenters. The summed E-state index contributed by atoms with van der Waals surface area (Å²) in [6.45, 7) is 2.77. The third-order valence-corrected chi connectivity index (χ3v) is 7.16. The maximum absolute atomic E-state index is 12.5. The number of hydrogen-bond acceptors (Lipinski definition) is 7. The third kappa shape index (κ3) is 2.71. The van der Waals surface area contributed by atoms with Crippen molar-refractivity contribution >= 4 is 38.1 Å². The lowest BCUT2D eigenvalue weighted by atomic mass is 10.3. The van der Waals surface area contributed by atoms with E-state index in [9.17, 15) is 13.2 Å². The van der Waals surface area contributed by atoms with Gasteiger partial charge in [0.2, 0.25) is 5.91 Å². The summed E-state index contributed by atoms with van der Waals surface area (Å²) in [4.78, 5) is 13.3. The minimum absolute atomic E-state index is 0.0438. The minimum atomic E-state index is -3.37. The third-order valence-electron chi connectivity index (χ3n) is 3.79. The van der Waals surface area contributed by atoms with Gasteiger partial charge in [0, 0.05) is 26.1 Å². The Hall–Kier alpha value is -1.35. The molecule has 1 aliphatic heterocycles. The molecule has 3 rings (SSSR count). The zero-order valence-electron chi connectivity index (χ0n) is 11.7. The fourth-order valence-corrected chi connectivity index (χ4v) is 5.71. The van der Waals surface area contributed by atoms with Crippen LogP contribution in [-0.2, 0) is 14.6 Å². The van der Waals surface area contributed by atoms with Gasteiger partial charge >= 0.3 is 0 Å². The SMILES string of the molecule is CC(=O)NC1CCN(c2snc(N)c2S(=O)(=O)C2CC2)C1. The van der Waals surface area contributed by atoms with Crippen LogP contribution in [0.25, 0.3) is 0 Å². The molecule has 1 aromatic rings. The quantitative estimate of drug-likeness (QED) is 0.826. The first-order valence-corrected chi connectivity index (χ1v) is 9.22. The van der Waals surface area contributed by atoms with E-state index in [-0.39, 0.29) is 27.9 Å². The molecule has 2 heterocycles. The van der Waals surface area contributed by atoms with E-state index in [0.29, 0.717) is 30.9 Å². The number of anilines is 2. The van der Waals surface area contributed by atoms with Crippen molar-refractivity contribution in [1.82, 2.24) is 9.69 Å². The normalized spacial score (nSPS) is 22.5. The maximum atomic E-state index is 12.5. The zero-order valence-corrected chi connectivity index (χ0v) is 13.3. The number of amides is 1. The number of hydrogen-bond donors (Lipinski definition) is 2. The van der Waals surface area contributed by atoms with Gasteiger partial charge in [0.1, 0.15) is 9.90 Å². The number of nitrogen functional groups attached to an aromatic ring is 1. The number of nitrogens with one attached hydrogen (secondary N) is 1. The Bertz CT molecular complexity index is 666. The van der Waals surface area contributed by atoms with Gasteiger partial charge in [0.05, 0.1) is 5.25 Å². The van der Waals surface area contributed by atoms with Crippen molar-refractivity contribution in [2.45, 2.75) is 42.4 Å². The van der Waals surface area contributed by atoms with Crippen molar-refractivity contribution in [1.29, 1.82) is 0 Å². The average Bonchev–Trinajstić information content (AvgIpc) is 3.05.